The van der Waals surface area contributed by atoms with Crippen LogP contribution in [0.25, 0.3) is 39.6 Å². The molecule has 1 fully saturated rings. The molecule has 5 heterocycles. The van der Waals surface area contributed by atoms with E-state index in [1.54, 1.807) is 4.68 Å². The highest BCUT2D eigenvalue weighted by molar-refractivity contribution is 5.88. The van der Waals surface area contributed by atoms with E-state index in [1.807, 2.05) is 42.2 Å². The normalized spacial score (nSPS) is 13.8. The van der Waals surface area contributed by atoms with Crippen molar-refractivity contribution in [2.75, 3.05) is 37.7 Å². The maximum Gasteiger partial charge on any atom is 0.253 e. The number of fused-ring (bicyclic) bond motifs is 1. The van der Waals surface area contributed by atoms with Crippen molar-refractivity contribution in [2.24, 2.45) is 0 Å². The number of aromatic nitrogens is 6. The Bertz CT molecular complexity index is 1640. The Hall–Kier alpha value is -4.51. The molecule has 0 unspecified atom stereocenters. The van der Waals surface area contributed by atoms with Crippen LogP contribution < -0.4 is 10.2 Å². The summed E-state index contributed by atoms with van der Waals surface area (Å²) in [5.41, 5.74) is 6.21. The van der Waals surface area contributed by atoms with Gasteiger partial charge in [0.05, 0.1) is 26.0 Å². The predicted octanol–water partition coefficient (Wildman–Crippen LogP) is 3.53. The first-order valence-corrected chi connectivity index (χ1v) is 13.0. The fraction of sp³-hybridized carbons (Fsp3) is 0.321. The second-order valence-corrected chi connectivity index (χ2v) is 9.69. The predicted molar refractivity (Wildman–Crippen MR) is 147 cm³/mol. The van der Waals surface area contributed by atoms with Gasteiger partial charge in [-0.1, -0.05) is 29.8 Å². The van der Waals surface area contributed by atoms with Crippen LogP contribution in [0.4, 0.5) is 5.82 Å². The van der Waals surface area contributed by atoms with E-state index in [0.717, 1.165) is 16.8 Å². The van der Waals surface area contributed by atoms with Gasteiger partial charge in [-0.15, -0.1) is 0 Å². The molecule has 1 aliphatic heterocycles. The van der Waals surface area contributed by atoms with Crippen molar-refractivity contribution < 1.29 is 13.9 Å². The highest BCUT2D eigenvalue weighted by atomic mass is 16.5. The molecular weight excluding hydrogens is 496 g/mol. The van der Waals surface area contributed by atoms with E-state index in [4.69, 9.17) is 24.2 Å². The van der Waals surface area contributed by atoms with Crippen LogP contribution in [0.1, 0.15) is 18.2 Å². The zero-order valence-corrected chi connectivity index (χ0v) is 22.2. The van der Waals surface area contributed by atoms with Crippen LogP contribution in [0, 0.1) is 13.8 Å². The van der Waals surface area contributed by atoms with E-state index in [0.29, 0.717) is 73.7 Å². The molecule has 1 saturated heterocycles. The van der Waals surface area contributed by atoms with Crippen LogP contribution >= 0.6 is 0 Å². The SMILES string of the molecule is CC(=O)NCCn1nc(-c2cc3nc(-n4cc(-c5cccc(C)c5)cn4)nc(N4CCOCC4)c3o2)cc1C. The lowest BCUT2D eigenvalue weighted by molar-refractivity contribution is -0.119. The molecule has 0 aliphatic carbocycles. The van der Waals surface area contributed by atoms with Gasteiger partial charge in [-0.05, 0) is 25.5 Å². The smallest absolute Gasteiger partial charge is 0.253 e. The van der Waals surface area contributed by atoms with Crippen molar-refractivity contribution in [3.63, 3.8) is 0 Å². The average Bonchev–Trinajstić information content (AvgIpc) is 3.67. The van der Waals surface area contributed by atoms with E-state index < -0.39 is 0 Å². The molecule has 0 radical (unpaired) electrons. The van der Waals surface area contributed by atoms with Gasteiger partial charge in [-0.2, -0.15) is 15.2 Å². The van der Waals surface area contributed by atoms with Crippen molar-refractivity contribution in [3.05, 3.63) is 60.0 Å². The highest BCUT2D eigenvalue weighted by Gasteiger charge is 2.23. The first-order chi connectivity index (χ1) is 18.9. The number of hydrogen-bond donors (Lipinski definition) is 1. The van der Waals surface area contributed by atoms with Gasteiger partial charge in [-0.25, -0.2) is 9.67 Å². The van der Waals surface area contributed by atoms with E-state index in [1.165, 1.54) is 12.5 Å². The highest BCUT2D eigenvalue weighted by Crippen LogP contribution is 2.33. The molecule has 0 bridgehead atoms. The molecule has 1 N–H and O–H groups in total. The van der Waals surface area contributed by atoms with Gasteiger partial charge in [0.1, 0.15) is 11.2 Å². The molecule has 6 rings (SSSR count). The average molecular weight is 527 g/mol. The third-order valence-corrected chi connectivity index (χ3v) is 6.72. The Morgan fingerprint density at radius 3 is 2.72 bits per heavy atom. The van der Waals surface area contributed by atoms with E-state index in [9.17, 15) is 4.79 Å². The van der Waals surface area contributed by atoms with E-state index in [-0.39, 0.29) is 5.91 Å². The summed E-state index contributed by atoms with van der Waals surface area (Å²) in [6.07, 6.45) is 3.77. The molecule has 0 atom stereocenters. The topological polar surface area (TPSA) is 116 Å². The maximum atomic E-state index is 11.2. The van der Waals surface area contributed by atoms with Crippen LogP contribution in [0.2, 0.25) is 0 Å². The zero-order chi connectivity index (χ0) is 26.9. The Morgan fingerprint density at radius 2 is 1.92 bits per heavy atom. The van der Waals surface area contributed by atoms with E-state index in [2.05, 4.69) is 40.4 Å². The number of furan rings is 1. The fourth-order valence-corrected chi connectivity index (χ4v) is 4.72. The molecule has 4 aromatic heterocycles. The molecule has 0 spiro atoms. The molecule has 0 saturated carbocycles. The second-order valence-electron chi connectivity index (χ2n) is 9.69. The Morgan fingerprint density at radius 1 is 1.08 bits per heavy atom. The summed E-state index contributed by atoms with van der Waals surface area (Å²) in [6.45, 7) is 9.26. The van der Waals surface area contributed by atoms with Gasteiger partial charge in [0.2, 0.25) is 5.91 Å². The first-order valence-electron chi connectivity index (χ1n) is 13.0. The quantitative estimate of drug-likeness (QED) is 0.342. The van der Waals surface area contributed by atoms with Crippen LogP contribution in [0.5, 0.6) is 0 Å². The lowest BCUT2D eigenvalue weighted by atomic mass is 10.1. The van der Waals surface area contributed by atoms with Crippen molar-refractivity contribution >= 4 is 22.8 Å². The first kappa shape index (κ1) is 24.8. The number of carbonyl (C=O) groups is 1. The fourth-order valence-electron chi connectivity index (χ4n) is 4.72. The number of ether oxygens (including phenoxy) is 1. The Kier molecular flexibility index (Phi) is 6.57. The van der Waals surface area contributed by atoms with Gasteiger partial charge >= 0.3 is 0 Å². The number of benzene rings is 1. The summed E-state index contributed by atoms with van der Waals surface area (Å²) >= 11 is 0. The number of hydrogen-bond acceptors (Lipinski definition) is 8. The van der Waals surface area contributed by atoms with Crippen molar-refractivity contribution in [3.8, 4) is 28.5 Å². The minimum Gasteiger partial charge on any atom is -0.449 e. The Balaban J connectivity index is 1.38. The molecule has 11 heteroatoms. The van der Waals surface area contributed by atoms with Crippen LogP contribution in [-0.2, 0) is 16.1 Å². The third kappa shape index (κ3) is 5.13. The summed E-state index contributed by atoms with van der Waals surface area (Å²) in [5, 5.41) is 12.1. The summed E-state index contributed by atoms with van der Waals surface area (Å²) < 4.78 is 15.5. The number of amides is 1. The van der Waals surface area contributed by atoms with Crippen molar-refractivity contribution in [1.29, 1.82) is 0 Å². The number of nitrogens with zero attached hydrogens (tertiary/aromatic N) is 7. The largest absolute Gasteiger partial charge is 0.449 e. The monoisotopic (exact) mass is 526 g/mol. The number of anilines is 1. The Labute approximate surface area is 225 Å². The van der Waals surface area contributed by atoms with Gasteiger partial charge in [0.25, 0.3) is 5.95 Å². The summed E-state index contributed by atoms with van der Waals surface area (Å²) in [4.78, 5) is 23.1. The number of morpholine rings is 1. The lowest BCUT2D eigenvalue weighted by Gasteiger charge is -2.27. The molecule has 1 amide bonds. The second kappa shape index (κ2) is 10.3. The molecule has 5 aromatic rings. The summed E-state index contributed by atoms with van der Waals surface area (Å²) in [7, 11) is 0. The standard InChI is InChI=1S/C28H30N8O3/c1-18-5-4-6-21(13-18)22-16-30-36(17-22)28-31-24-15-25(23-14-19(2)35(33-23)8-7-29-20(3)37)39-26(24)27(32-28)34-9-11-38-12-10-34/h4-6,13-17H,7-12H2,1-3H3,(H,29,37). The number of carbonyl (C=O) groups excluding carboxylic acids is 1. The summed E-state index contributed by atoms with van der Waals surface area (Å²) in [6, 6.07) is 12.2. The summed E-state index contributed by atoms with van der Waals surface area (Å²) in [5.74, 6) is 1.71. The van der Waals surface area contributed by atoms with Crippen molar-refractivity contribution in [2.45, 2.75) is 27.3 Å². The number of aryl methyl sites for hydroxylation is 2. The van der Waals surface area contributed by atoms with Crippen LogP contribution in [0.3, 0.4) is 0 Å². The molecule has 39 heavy (non-hydrogen) atoms. The molecule has 200 valence electrons. The van der Waals surface area contributed by atoms with Gasteiger partial charge in [0.15, 0.2) is 17.2 Å². The van der Waals surface area contributed by atoms with E-state index >= 15 is 0 Å². The van der Waals surface area contributed by atoms with Crippen LogP contribution in [-0.4, -0.2) is 68.3 Å². The van der Waals surface area contributed by atoms with Crippen LogP contribution in [0.15, 0.2) is 53.2 Å². The minimum absolute atomic E-state index is 0.0643. The molecule has 1 aliphatic rings. The number of rotatable bonds is 7. The number of nitrogens with one attached hydrogen (secondary N) is 1. The molecular formula is C28H30N8O3. The third-order valence-electron chi connectivity index (χ3n) is 6.72. The maximum absolute atomic E-state index is 11.2. The van der Waals surface area contributed by atoms with Gasteiger partial charge < -0.3 is 19.4 Å². The zero-order valence-electron chi connectivity index (χ0n) is 22.2. The molecule has 1 aromatic carbocycles. The van der Waals surface area contributed by atoms with Gasteiger partial charge in [0, 0.05) is 50.1 Å². The van der Waals surface area contributed by atoms with Gasteiger partial charge in [-0.3, -0.25) is 9.48 Å². The van der Waals surface area contributed by atoms with Crippen molar-refractivity contribution in [1.82, 2.24) is 34.8 Å². The minimum atomic E-state index is -0.0643. The molecule has 11 nitrogen and oxygen atoms in total. The lowest BCUT2D eigenvalue weighted by Crippen LogP contribution is -2.37.